The van der Waals surface area contributed by atoms with Crippen LogP contribution >= 0.6 is 0 Å². The van der Waals surface area contributed by atoms with E-state index in [1.54, 1.807) is 0 Å². The van der Waals surface area contributed by atoms with Crippen LogP contribution in [0.5, 0.6) is 0 Å². The van der Waals surface area contributed by atoms with Crippen molar-refractivity contribution >= 4 is 0 Å². The zero-order valence-corrected chi connectivity index (χ0v) is 12.4. The van der Waals surface area contributed by atoms with Crippen LogP contribution in [0.15, 0.2) is 18.3 Å². The number of pyridine rings is 1. The minimum atomic E-state index is 0.768. The monoisotopic (exact) mass is 261 g/mol. The van der Waals surface area contributed by atoms with Crippen molar-refractivity contribution in [2.24, 2.45) is 0 Å². The molecule has 0 saturated heterocycles. The minimum Gasteiger partial charge on any atom is -0.310 e. The summed E-state index contributed by atoms with van der Waals surface area (Å²) in [6.45, 7) is 8.76. The molecule has 0 amide bonds. The van der Waals surface area contributed by atoms with Gasteiger partial charge in [0.2, 0.25) is 0 Å². The normalized spacial score (nSPS) is 15.1. The topological polar surface area (TPSA) is 28.2 Å². The van der Waals surface area contributed by atoms with Crippen LogP contribution in [0, 0.1) is 0 Å². The standard InChI is InChI=1S/C16H27N3/c1-3-9-19(10-4-2)13-16-6-5-14(12-18-16)11-17-15-7-8-15/h5-6,12,15,17H,3-4,7-11,13H2,1-2H3. The molecule has 106 valence electrons. The van der Waals surface area contributed by atoms with Gasteiger partial charge in [0.15, 0.2) is 0 Å². The molecule has 0 aliphatic heterocycles. The number of hydrogen-bond acceptors (Lipinski definition) is 3. The van der Waals surface area contributed by atoms with Crippen molar-refractivity contribution in [3.8, 4) is 0 Å². The highest BCUT2D eigenvalue weighted by molar-refractivity contribution is 5.14. The molecule has 2 rings (SSSR count). The van der Waals surface area contributed by atoms with Gasteiger partial charge in [-0.15, -0.1) is 0 Å². The van der Waals surface area contributed by atoms with Gasteiger partial charge in [-0.1, -0.05) is 19.9 Å². The van der Waals surface area contributed by atoms with E-state index in [0.717, 1.165) is 19.1 Å². The first kappa shape index (κ1) is 14.5. The Morgan fingerprint density at radius 1 is 1.21 bits per heavy atom. The molecule has 1 N–H and O–H groups in total. The fourth-order valence-corrected chi connectivity index (χ4v) is 2.33. The van der Waals surface area contributed by atoms with Gasteiger partial charge in [0.05, 0.1) is 5.69 Å². The number of nitrogens with zero attached hydrogens (tertiary/aromatic N) is 2. The van der Waals surface area contributed by atoms with E-state index in [1.165, 1.54) is 50.0 Å². The second-order valence-corrected chi connectivity index (χ2v) is 5.59. The molecule has 1 saturated carbocycles. The molecule has 0 atom stereocenters. The van der Waals surface area contributed by atoms with Gasteiger partial charge >= 0.3 is 0 Å². The summed E-state index contributed by atoms with van der Waals surface area (Å²) in [6.07, 6.45) is 7.14. The predicted molar refractivity (Wildman–Crippen MR) is 80.0 cm³/mol. The highest BCUT2D eigenvalue weighted by Gasteiger charge is 2.19. The third-order valence-electron chi connectivity index (χ3n) is 3.52. The molecule has 1 aliphatic carbocycles. The van der Waals surface area contributed by atoms with Crippen LogP contribution in [0.2, 0.25) is 0 Å². The molecule has 0 aromatic carbocycles. The van der Waals surface area contributed by atoms with Crippen molar-refractivity contribution < 1.29 is 0 Å². The van der Waals surface area contributed by atoms with Gasteiger partial charge in [-0.05, 0) is 50.4 Å². The smallest absolute Gasteiger partial charge is 0.0544 e. The van der Waals surface area contributed by atoms with Crippen molar-refractivity contribution in [3.63, 3.8) is 0 Å². The van der Waals surface area contributed by atoms with Gasteiger partial charge in [-0.3, -0.25) is 9.88 Å². The van der Waals surface area contributed by atoms with Crippen molar-refractivity contribution in [1.29, 1.82) is 0 Å². The number of aromatic nitrogens is 1. The lowest BCUT2D eigenvalue weighted by Crippen LogP contribution is -2.25. The second kappa shape index (κ2) is 7.61. The van der Waals surface area contributed by atoms with E-state index >= 15 is 0 Å². The van der Waals surface area contributed by atoms with E-state index in [1.807, 2.05) is 6.20 Å². The zero-order valence-electron chi connectivity index (χ0n) is 12.4. The first-order valence-corrected chi connectivity index (χ1v) is 7.71. The Balaban J connectivity index is 1.81. The summed E-state index contributed by atoms with van der Waals surface area (Å²) in [7, 11) is 0. The predicted octanol–water partition coefficient (Wildman–Crippen LogP) is 2.96. The van der Waals surface area contributed by atoms with Gasteiger partial charge < -0.3 is 5.32 Å². The largest absolute Gasteiger partial charge is 0.310 e. The molecule has 1 aromatic rings. The average molecular weight is 261 g/mol. The Bertz CT molecular complexity index is 351. The molecule has 1 aromatic heterocycles. The second-order valence-electron chi connectivity index (χ2n) is 5.59. The van der Waals surface area contributed by atoms with Crippen molar-refractivity contribution in [2.75, 3.05) is 13.1 Å². The van der Waals surface area contributed by atoms with E-state index in [0.29, 0.717) is 0 Å². The lowest BCUT2D eigenvalue weighted by atomic mass is 10.2. The maximum absolute atomic E-state index is 4.60. The first-order chi connectivity index (χ1) is 9.31. The molecule has 0 unspecified atom stereocenters. The molecule has 3 nitrogen and oxygen atoms in total. The van der Waals surface area contributed by atoms with Crippen LogP contribution < -0.4 is 5.32 Å². The van der Waals surface area contributed by atoms with Gasteiger partial charge in [-0.2, -0.15) is 0 Å². The average Bonchev–Trinajstić information content (AvgIpc) is 3.23. The number of hydrogen-bond donors (Lipinski definition) is 1. The molecule has 1 heterocycles. The van der Waals surface area contributed by atoms with Gasteiger partial charge in [0.1, 0.15) is 0 Å². The first-order valence-electron chi connectivity index (χ1n) is 7.71. The lowest BCUT2D eigenvalue weighted by molar-refractivity contribution is 0.263. The van der Waals surface area contributed by atoms with E-state index < -0.39 is 0 Å². The van der Waals surface area contributed by atoms with Crippen molar-refractivity contribution in [1.82, 2.24) is 15.2 Å². The van der Waals surface area contributed by atoms with Crippen LogP contribution in [0.4, 0.5) is 0 Å². The Morgan fingerprint density at radius 2 is 1.95 bits per heavy atom. The molecule has 1 aliphatic rings. The van der Waals surface area contributed by atoms with Crippen LogP contribution in [0.1, 0.15) is 50.8 Å². The van der Waals surface area contributed by atoms with Crippen molar-refractivity contribution in [3.05, 3.63) is 29.6 Å². The number of nitrogens with one attached hydrogen (secondary N) is 1. The molecule has 3 heteroatoms. The summed E-state index contributed by atoms with van der Waals surface area (Å²) >= 11 is 0. The third kappa shape index (κ3) is 5.29. The van der Waals surface area contributed by atoms with Gasteiger partial charge in [-0.25, -0.2) is 0 Å². The lowest BCUT2D eigenvalue weighted by Gasteiger charge is -2.20. The van der Waals surface area contributed by atoms with Crippen LogP contribution in [0.25, 0.3) is 0 Å². The fraction of sp³-hybridized carbons (Fsp3) is 0.688. The van der Waals surface area contributed by atoms with Crippen LogP contribution in [-0.4, -0.2) is 29.0 Å². The number of rotatable bonds is 9. The summed E-state index contributed by atoms with van der Waals surface area (Å²) in [5.74, 6) is 0. The Kier molecular flexibility index (Phi) is 5.80. The maximum atomic E-state index is 4.60. The molecule has 0 radical (unpaired) electrons. The summed E-state index contributed by atoms with van der Waals surface area (Å²) in [5, 5.41) is 3.52. The SMILES string of the molecule is CCCN(CCC)Cc1ccc(CNC2CC2)cn1. The summed E-state index contributed by atoms with van der Waals surface area (Å²) < 4.78 is 0. The van der Waals surface area contributed by atoms with Gasteiger partial charge in [0.25, 0.3) is 0 Å². The summed E-state index contributed by atoms with van der Waals surface area (Å²) in [4.78, 5) is 7.09. The highest BCUT2D eigenvalue weighted by atomic mass is 15.1. The maximum Gasteiger partial charge on any atom is 0.0544 e. The highest BCUT2D eigenvalue weighted by Crippen LogP contribution is 2.19. The summed E-state index contributed by atoms with van der Waals surface area (Å²) in [6, 6.07) is 5.17. The quantitative estimate of drug-likeness (QED) is 0.741. The fourth-order valence-electron chi connectivity index (χ4n) is 2.33. The molecule has 1 fully saturated rings. The Hall–Kier alpha value is -0.930. The van der Waals surface area contributed by atoms with Crippen LogP contribution in [0.3, 0.4) is 0 Å². The molecule has 19 heavy (non-hydrogen) atoms. The van der Waals surface area contributed by atoms with E-state index in [4.69, 9.17) is 0 Å². The Labute approximate surface area is 117 Å². The van der Waals surface area contributed by atoms with Crippen molar-refractivity contribution in [2.45, 2.75) is 58.7 Å². The molecular weight excluding hydrogens is 234 g/mol. The van der Waals surface area contributed by atoms with E-state index in [2.05, 4.69) is 41.2 Å². The van der Waals surface area contributed by atoms with E-state index in [9.17, 15) is 0 Å². The van der Waals surface area contributed by atoms with E-state index in [-0.39, 0.29) is 0 Å². The molecular formula is C16H27N3. The molecule has 0 bridgehead atoms. The Morgan fingerprint density at radius 3 is 2.47 bits per heavy atom. The zero-order chi connectivity index (χ0) is 13.5. The third-order valence-corrected chi connectivity index (χ3v) is 3.52. The molecule has 0 spiro atoms. The van der Waals surface area contributed by atoms with Crippen LogP contribution in [-0.2, 0) is 13.1 Å². The minimum absolute atomic E-state index is 0.768. The van der Waals surface area contributed by atoms with Gasteiger partial charge in [0, 0.05) is 25.3 Å². The summed E-state index contributed by atoms with van der Waals surface area (Å²) in [5.41, 5.74) is 2.49.